The molecule has 0 radical (unpaired) electrons. The Bertz CT molecular complexity index is 1270. The molecular weight excluding hydrogens is 396 g/mol. The number of nitrogens with two attached hydrogens (primary N) is 1. The van der Waals surface area contributed by atoms with E-state index in [1.807, 2.05) is 54.6 Å². The number of anilines is 1. The maximum absolute atomic E-state index is 12.9. The van der Waals surface area contributed by atoms with Crippen molar-refractivity contribution >= 4 is 26.5 Å². The van der Waals surface area contributed by atoms with Gasteiger partial charge in [-0.15, -0.1) is 0 Å². The van der Waals surface area contributed by atoms with Crippen LogP contribution in [-0.2, 0) is 23.2 Å². The van der Waals surface area contributed by atoms with Gasteiger partial charge in [0.25, 0.3) is 0 Å². The molecule has 0 heterocycles. The lowest BCUT2D eigenvalue weighted by Crippen LogP contribution is -2.24. The molecule has 4 aromatic carbocycles. The monoisotopic (exact) mass is 418 g/mol. The van der Waals surface area contributed by atoms with E-state index in [1.165, 1.54) is 0 Å². The van der Waals surface area contributed by atoms with Crippen LogP contribution >= 0.6 is 0 Å². The highest BCUT2D eigenvalue weighted by Gasteiger charge is 2.18. The second-order valence-corrected chi connectivity index (χ2v) is 8.64. The van der Waals surface area contributed by atoms with Crippen molar-refractivity contribution in [3.63, 3.8) is 0 Å². The van der Waals surface area contributed by atoms with Crippen molar-refractivity contribution in [3.8, 4) is 5.75 Å². The summed E-state index contributed by atoms with van der Waals surface area (Å²) in [6.45, 7) is 0.455. The molecule has 6 heteroatoms. The molecule has 0 unspecified atom stereocenters. The highest BCUT2D eigenvalue weighted by atomic mass is 32.2. The van der Waals surface area contributed by atoms with Gasteiger partial charge in [-0.2, -0.15) is 0 Å². The van der Waals surface area contributed by atoms with Crippen LogP contribution in [0.15, 0.2) is 95.9 Å². The number of hydrogen-bond donors (Lipinski definition) is 2. The molecule has 30 heavy (non-hydrogen) atoms. The number of sulfonamides is 1. The van der Waals surface area contributed by atoms with Gasteiger partial charge in [0.15, 0.2) is 0 Å². The zero-order valence-corrected chi connectivity index (χ0v) is 17.1. The van der Waals surface area contributed by atoms with Gasteiger partial charge in [0.1, 0.15) is 12.4 Å². The summed E-state index contributed by atoms with van der Waals surface area (Å²) in [5, 5.41) is 1.55. The first-order valence-corrected chi connectivity index (χ1v) is 11.0. The predicted octanol–water partition coefficient (Wildman–Crippen LogP) is 4.48. The fourth-order valence-corrected chi connectivity index (χ4v) is 4.52. The Kier molecular flexibility index (Phi) is 5.70. The molecule has 0 aliphatic heterocycles. The molecule has 152 valence electrons. The number of para-hydroxylation sites is 1. The SMILES string of the molecule is Nc1c(CNS(=O)(=O)c2cccc3ccccc23)cccc1OCc1ccccc1. The lowest BCUT2D eigenvalue weighted by atomic mass is 10.1. The zero-order chi connectivity index (χ0) is 21.0. The molecule has 0 aromatic heterocycles. The van der Waals surface area contributed by atoms with E-state index in [0.29, 0.717) is 29.0 Å². The first kappa shape index (κ1) is 19.9. The van der Waals surface area contributed by atoms with E-state index in [9.17, 15) is 8.42 Å². The van der Waals surface area contributed by atoms with Crippen molar-refractivity contribution in [3.05, 3.63) is 102 Å². The third-order valence-electron chi connectivity index (χ3n) is 4.89. The first-order valence-electron chi connectivity index (χ1n) is 9.56. The maximum Gasteiger partial charge on any atom is 0.241 e. The molecule has 0 bridgehead atoms. The van der Waals surface area contributed by atoms with Crippen molar-refractivity contribution < 1.29 is 13.2 Å². The highest BCUT2D eigenvalue weighted by molar-refractivity contribution is 7.89. The molecule has 4 aromatic rings. The van der Waals surface area contributed by atoms with Gasteiger partial charge in [0, 0.05) is 11.9 Å². The van der Waals surface area contributed by atoms with Gasteiger partial charge in [0.2, 0.25) is 10.0 Å². The third kappa shape index (κ3) is 4.30. The molecule has 0 saturated heterocycles. The fourth-order valence-electron chi connectivity index (χ4n) is 3.29. The minimum absolute atomic E-state index is 0.0694. The lowest BCUT2D eigenvalue weighted by molar-refractivity contribution is 0.307. The normalized spacial score (nSPS) is 11.5. The molecule has 0 amide bonds. The summed E-state index contributed by atoms with van der Waals surface area (Å²) in [5.41, 5.74) is 8.35. The van der Waals surface area contributed by atoms with Crippen molar-refractivity contribution in [1.82, 2.24) is 4.72 Å². The standard InChI is InChI=1S/C24H22N2O3S/c25-24-20(12-6-14-22(24)29-17-18-8-2-1-3-9-18)16-26-30(27,28)23-15-7-11-19-10-4-5-13-21(19)23/h1-15,26H,16-17,25H2. The summed E-state index contributed by atoms with van der Waals surface area (Å²) >= 11 is 0. The van der Waals surface area contributed by atoms with Crippen LogP contribution in [0.2, 0.25) is 0 Å². The molecule has 0 atom stereocenters. The van der Waals surface area contributed by atoms with E-state index in [4.69, 9.17) is 10.5 Å². The number of fused-ring (bicyclic) bond motifs is 1. The van der Waals surface area contributed by atoms with E-state index in [0.717, 1.165) is 10.9 Å². The fraction of sp³-hybridized carbons (Fsp3) is 0.0833. The highest BCUT2D eigenvalue weighted by Crippen LogP contribution is 2.27. The van der Waals surface area contributed by atoms with Crippen molar-refractivity contribution in [2.45, 2.75) is 18.0 Å². The van der Waals surface area contributed by atoms with Crippen molar-refractivity contribution in [2.75, 3.05) is 5.73 Å². The molecule has 0 aliphatic carbocycles. The van der Waals surface area contributed by atoms with E-state index in [-0.39, 0.29) is 11.4 Å². The van der Waals surface area contributed by atoms with Crippen molar-refractivity contribution in [1.29, 1.82) is 0 Å². The smallest absolute Gasteiger partial charge is 0.241 e. The van der Waals surface area contributed by atoms with Crippen LogP contribution in [0.4, 0.5) is 5.69 Å². The van der Waals surface area contributed by atoms with Crippen molar-refractivity contribution in [2.24, 2.45) is 0 Å². The molecule has 5 nitrogen and oxygen atoms in total. The van der Waals surface area contributed by atoms with E-state index in [1.54, 1.807) is 36.4 Å². The van der Waals surface area contributed by atoms with Gasteiger partial charge in [0.05, 0.1) is 10.6 Å². The lowest BCUT2D eigenvalue weighted by Gasteiger charge is -2.14. The van der Waals surface area contributed by atoms with Gasteiger partial charge in [-0.3, -0.25) is 0 Å². The number of ether oxygens (including phenoxy) is 1. The summed E-state index contributed by atoms with van der Waals surface area (Å²) in [6, 6.07) is 27.8. The Morgan fingerprint density at radius 3 is 2.33 bits per heavy atom. The van der Waals surface area contributed by atoms with Crippen LogP contribution in [0, 0.1) is 0 Å². The Morgan fingerprint density at radius 2 is 1.50 bits per heavy atom. The number of nitrogen functional groups attached to an aromatic ring is 1. The minimum atomic E-state index is -3.72. The third-order valence-corrected chi connectivity index (χ3v) is 6.34. The molecular formula is C24H22N2O3S. The summed E-state index contributed by atoms with van der Waals surface area (Å²) < 4.78 is 34.4. The summed E-state index contributed by atoms with van der Waals surface area (Å²) in [5.74, 6) is 0.528. The second kappa shape index (κ2) is 8.57. The van der Waals surface area contributed by atoms with Gasteiger partial charge in [-0.1, -0.05) is 78.9 Å². The van der Waals surface area contributed by atoms with Crippen LogP contribution in [0.1, 0.15) is 11.1 Å². The van der Waals surface area contributed by atoms with Crippen LogP contribution in [0.3, 0.4) is 0 Å². The topological polar surface area (TPSA) is 81.4 Å². The van der Waals surface area contributed by atoms with Gasteiger partial charge in [-0.05, 0) is 28.6 Å². The number of hydrogen-bond acceptors (Lipinski definition) is 4. The molecule has 3 N–H and O–H groups in total. The van der Waals surface area contributed by atoms with Crippen LogP contribution in [-0.4, -0.2) is 8.42 Å². The second-order valence-electron chi connectivity index (χ2n) is 6.91. The quantitative estimate of drug-likeness (QED) is 0.434. The molecule has 0 spiro atoms. The van der Waals surface area contributed by atoms with E-state index < -0.39 is 10.0 Å². The summed E-state index contributed by atoms with van der Waals surface area (Å²) in [7, 11) is -3.72. The average molecular weight is 419 g/mol. The summed E-state index contributed by atoms with van der Waals surface area (Å²) in [6.07, 6.45) is 0. The Hall–Kier alpha value is -3.35. The number of nitrogens with one attached hydrogen (secondary N) is 1. The molecule has 0 saturated carbocycles. The predicted molar refractivity (Wildman–Crippen MR) is 120 cm³/mol. The number of rotatable bonds is 7. The molecule has 0 fully saturated rings. The maximum atomic E-state index is 12.9. The van der Waals surface area contributed by atoms with Gasteiger partial charge >= 0.3 is 0 Å². The zero-order valence-electron chi connectivity index (χ0n) is 16.3. The Morgan fingerprint density at radius 1 is 0.800 bits per heavy atom. The van der Waals surface area contributed by atoms with Crippen LogP contribution in [0.25, 0.3) is 10.8 Å². The molecule has 0 aliphatic rings. The van der Waals surface area contributed by atoms with Gasteiger partial charge < -0.3 is 10.5 Å². The van der Waals surface area contributed by atoms with Crippen LogP contribution in [0.5, 0.6) is 5.75 Å². The average Bonchev–Trinajstić information content (AvgIpc) is 2.78. The van der Waals surface area contributed by atoms with E-state index >= 15 is 0 Å². The largest absolute Gasteiger partial charge is 0.487 e. The summed E-state index contributed by atoms with van der Waals surface area (Å²) in [4.78, 5) is 0.246. The Labute approximate surface area is 176 Å². The number of benzene rings is 4. The minimum Gasteiger partial charge on any atom is -0.487 e. The Balaban J connectivity index is 1.52. The first-order chi connectivity index (χ1) is 14.5. The van der Waals surface area contributed by atoms with E-state index in [2.05, 4.69) is 4.72 Å². The van der Waals surface area contributed by atoms with Crippen LogP contribution < -0.4 is 15.2 Å². The van der Waals surface area contributed by atoms with Gasteiger partial charge in [-0.25, -0.2) is 13.1 Å². The molecule has 4 rings (SSSR count).